The van der Waals surface area contributed by atoms with Crippen molar-refractivity contribution in [1.82, 2.24) is 0 Å². The molecule has 3 unspecified atom stereocenters. The molecule has 0 aromatic heterocycles. The maximum Gasteiger partial charge on any atom is 0.320 e. The van der Waals surface area contributed by atoms with Gasteiger partial charge in [-0.05, 0) is 36.0 Å². The SMILES string of the molecule is CC1(C)C2CCC1(C)C(N=C(N)CSS(=O)(=O)O)C2. The Kier molecular flexibility index (Phi) is 3.69. The fourth-order valence-corrected chi connectivity index (χ4v) is 4.88. The van der Waals surface area contributed by atoms with Crippen LogP contribution in [0.25, 0.3) is 0 Å². The number of nitrogens with two attached hydrogens (primary N) is 1. The van der Waals surface area contributed by atoms with Crippen LogP contribution in [0.3, 0.4) is 0 Å². The standard InChI is InChI=1S/C12H22N2O3S2/c1-11(2)8-4-5-12(11,3)9(6-8)14-10(13)7-18-19(15,16)17/h8-9H,4-7H2,1-3H3,(H2,13,14)(H,15,16,17). The lowest BCUT2D eigenvalue weighted by Gasteiger charge is -2.37. The van der Waals surface area contributed by atoms with E-state index in [-0.39, 0.29) is 22.6 Å². The minimum atomic E-state index is -4.05. The van der Waals surface area contributed by atoms with Crippen molar-refractivity contribution in [3.05, 3.63) is 0 Å². The average Bonchev–Trinajstić information content (AvgIpc) is 2.58. The van der Waals surface area contributed by atoms with Crippen molar-refractivity contribution in [2.24, 2.45) is 27.5 Å². The first-order valence-electron chi connectivity index (χ1n) is 6.50. The highest BCUT2D eigenvalue weighted by molar-refractivity contribution is 8.70. The minimum absolute atomic E-state index is 0.0243. The molecule has 2 saturated carbocycles. The normalized spacial score (nSPS) is 37.8. The average molecular weight is 306 g/mol. The smallest absolute Gasteiger partial charge is 0.320 e. The molecule has 0 aromatic carbocycles. The maximum atomic E-state index is 10.7. The van der Waals surface area contributed by atoms with Gasteiger partial charge in [-0.25, -0.2) is 0 Å². The summed E-state index contributed by atoms with van der Waals surface area (Å²) in [4.78, 5) is 4.53. The fraction of sp³-hybridized carbons (Fsp3) is 0.917. The molecule has 0 aliphatic heterocycles. The molecule has 7 heteroatoms. The van der Waals surface area contributed by atoms with Gasteiger partial charge in [-0.1, -0.05) is 20.8 Å². The first-order valence-corrected chi connectivity index (χ1v) is 9.44. The number of rotatable bonds is 4. The van der Waals surface area contributed by atoms with E-state index in [0.29, 0.717) is 22.5 Å². The van der Waals surface area contributed by atoms with Crippen LogP contribution >= 0.6 is 10.8 Å². The first-order chi connectivity index (χ1) is 8.56. The van der Waals surface area contributed by atoms with E-state index in [9.17, 15) is 8.42 Å². The Bertz CT molecular complexity index is 501. The largest absolute Gasteiger partial charge is 0.387 e. The van der Waals surface area contributed by atoms with Gasteiger partial charge in [0.2, 0.25) is 0 Å². The highest BCUT2D eigenvalue weighted by Crippen LogP contribution is 2.66. The van der Waals surface area contributed by atoms with E-state index in [4.69, 9.17) is 10.3 Å². The van der Waals surface area contributed by atoms with Gasteiger partial charge in [0.15, 0.2) is 0 Å². The summed E-state index contributed by atoms with van der Waals surface area (Å²) in [5.41, 5.74) is 6.20. The van der Waals surface area contributed by atoms with Gasteiger partial charge >= 0.3 is 9.15 Å². The van der Waals surface area contributed by atoms with Crippen molar-refractivity contribution >= 4 is 25.8 Å². The second-order valence-electron chi connectivity index (χ2n) is 6.44. The molecule has 0 spiro atoms. The van der Waals surface area contributed by atoms with Crippen molar-refractivity contribution in [3.8, 4) is 0 Å². The molecule has 0 aromatic rings. The molecule has 2 fully saturated rings. The van der Waals surface area contributed by atoms with Crippen LogP contribution in [0.15, 0.2) is 4.99 Å². The zero-order valence-corrected chi connectivity index (χ0v) is 13.2. The molecule has 0 amide bonds. The predicted octanol–water partition coefficient (Wildman–Crippen LogP) is 2.09. The molecule has 3 atom stereocenters. The molecule has 2 bridgehead atoms. The number of hydrogen-bond donors (Lipinski definition) is 2. The molecule has 5 nitrogen and oxygen atoms in total. The van der Waals surface area contributed by atoms with E-state index in [1.807, 2.05) is 0 Å². The van der Waals surface area contributed by atoms with Crippen LogP contribution in [0.4, 0.5) is 0 Å². The lowest BCUT2D eigenvalue weighted by atomic mass is 9.69. The van der Waals surface area contributed by atoms with Gasteiger partial charge in [0, 0.05) is 10.8 Å². The topological polar surface area (TPSA) is 92.8 Å². The zero-order valence-electron chi connectivity index (χ0n) is 11.6. The fourth-order valence-electron chi connectivity index (χ4n) is 3.73. The van der Waals surface area contributed by atoms with E-state index in [1.165, 1.54) is 6.42 Å². The van der Waals surface area contributed by atoms with Gasteiger partial charge in [0.1, 0.15) is 5.84 Å². The van der Waals surface area contributed by atoms with Crippen molar-refractivity contribution in [2.75, 3.05) is 5.75 Å². The van der Waals surface area contributed by atoms with E-state index >= 15 is 0 Å². The molecule has 2 aliphatic carbocycles. The Labute approximate surface area is 118 Å². The monoisotopic (exact) mass is 306 g/mol. The quantitative estimate of drug-likeness (QED) is 0.359. The Balaban J connectivity index is 2.09. The summed E-state index contributed by atoms with van der Waals surface area (Å²) < 4.78 is 30.0. The maximum absolute atomic E-state index is 10.7. The van der Waals surface area contributed by atoms with Crippen LogP contribution in [-0.2, 0) is 9.15 Å². The van der Waals surface area contributed by atoms with Crippen LogP contribution in [0, 0.1) is 16.7 Å². The van der Waals surface area contributed by atoms with Gasteiger partial charge in [-0.3, -0.25) is 9.55 Å². The highest BCUT2D eigenvalue weighted by Gasteiger charge is 2.61. The first kappa shape index (κ1) is 15.1. The molecule has 2 aliphatic rings. The van der Waals surface area contributed by atoms with Crippen LogP contribution in [-0.4, -0.2) is 30.6 Å². The van der Waals surface area contributed by atoms with Crippen LogP contribution in [0.1, 0.15) is 40.0 Å². The summed E-state index contributed by atoms with van der Waals surface area (Å²) in [6.07, 6.45) is 3.42. The van der Waals surface area contributed by atoms with Crippen molar-refractivity contribution in [2.45, 2.75) is 46.1 Å². The molecular weight excluding hydrogens is 284 g/mol. The van der Waals surface area contributed by atoms with Crippen LogP contribution < -0.4 is 5.73 Å². The number of amidine groups is 1. The second kappa shape index (κ2) is 4.63. The van der Waals surface area contributed by atoms with Crippen LogP contribution in [0.2, 0.25) is 0 Å². The van der Waals surface area contributed by atoms with Crippen LogP contribution in [0.5, 0.6) is 0 Å². The molecule has 0 radical (unpaired) electrons. The summed E-state index contributed by atoms with van der Waals surface area (Å²) in [5.74, 6) is 1.00. The lowest BCUT2D eigenvalue weighted by Crippen LogP contribution is -2.36. The van der Waals surface area contributed by atoms with E-state index in [1.54, 1.807) is 0 Å². The molecule has 2 rings (SSSR count). The molecule has 3 N–H and O–H groups in total. The third-order valence-corrected chi connectivity index (χ3v) is 7.38. The summed E-state index contributed by atoms with van der Waals surface area (Å²) >= 11 is 0. The third kappa shape index (κ3) is 2.64. The Hall–Kier alpha value is -0.270. The molecule has 0 heterocycles. The summed E-state index contributed by atoms with van der Waals surface area (Å²) in [6, 6.07) is 0.170. The van der Waals surface area contributed by atoms with Gasteiger partial charge in [-0.2, -0.15) is 8.42 Å². The molecule has 110 valence electrons. The number of fused-ring (bicyclic) bond motifs is 2. The van der Waals surface area contributed by atoms with Gasteiger partial charge in [-0.15, -0.1) is 0 Å². The Morgan fingerprint density at radius 2 is 2.11 bits per heavy atom. The summed E-state index contributed by atoms with van der Waals surface area (Å²) in [7, 11) is -3.63. The number of hydrogen-bond acceptors (Lipinski definition) is 4. The van der Waals surface area contributed by atoms with E-state index in [2.05, 4.69) is 25.8 Å². The third-order valence-electron chi connectivity index (χ3n) is 5.43. The Morgan fingerprint density at radius 3 is 2.53 bits per heavy atom. The predicted molar refractivity (Wildman–Crippen MR) is 78.6 cm³/mol. The van der Waals surface area contributed by atoms with E-state index in [0.717, 1.165) is 12.8 Å². The summed E-state index contributed by atoms with van der Waals surface area (Å²) in [5, 5.41) is 0. The van der Waals surface area contributed by atoms with Crippen molar-refractivity contribution in [1.29, 1.82) is 0 Å². The van der Waals surface area contributed by atoms with Crippen molar-refractivity contribution < 1.29 is 13.0 Å². The Morgan fingerprint density at radius 1 is 1.47 bits per heavy atom. The van der Waals surface area contributed by atoms with E-state index < -0.39 is 9.15 Å². The molecule has 19 heavy (non-hydrogen) atoms. The van der Waals surface area contributed by atoms with Gasteiger partial charge < -0.3 is 5.73 Å². The molecule has 0 saturated heterocycles. The minimum Gasteiger partial charge on any atom is -0.387 e. The second-order valence-corrected chi connectivity index (χ2v) is 9.79. The number of aliphatic imine (C=N–C) groups is 1. The van der Waals surface area contributed by atoms with Crippen molar-refractivity contribution in [3.63, 3.8) is 0 Å². The number of nitrogens with zero attached hydrogens (tertiary/aromatic N) is 1. The highest BCUT2D eigenvalue weighted by atomic mass is 33.1. The van der Waals surface area contributed by atoms with Gasteiger partial charge in [0.05, 0.1) is 11.8 Å². The zero-order chi connectivity index (χ0) is 14.5. The van der Waals surface area contributed by atoms with Gasteiger partial charge in [0.25, 0.3) is 0 Å². The molecular formula is C12H22N2O3S2. The lowest BCUT2D eigenvalue weighted by molar-refractivity contribution is 0.137. The summed E-state index contributed by atoms with van der Waals surface area (Å²) in [6.45, 7) is 6.85.